The van der Waals surface area contributed by atoms with Crippen LogP contribution in [0.1, 0.15) is 28.0 Å². The van der Waals surface area contributed by atoms with E-state index in [9.17, 15) is 9.59 Å². The predicted molar refractivity (Wildman–Crippen MR) is 79.4 cm³/mol. The summed E-state index contributed by atoms with van der Waals surface area (Å²) in [5, 5.41) is 2.80. The third-order valence-corrected chi connectivity index (χ3v) is 3.10. The number of rotatable bonds is 6. The van der Waals surface area contributed by atoms with Crippen LogP contribution in [-0.2, 0) is 17.8 Å². The van der Waals surface area contributed by atoms with E-state index >= 15 is 0 Å². The maximum absolute atomic E-state index is 11.8. The van der Waals surface area contributed by atoms with Crippen molar-refractivity contribution in [3.63, 3.8) is 0 Å². The highest BCUT2D eigenvalue weighted by Crippen LogP contribution is 2.10. The van der Waals surface area contributed by atoms with Crippen LogP contribution in [0.25, 0.3) is 0 Å². The minimum Gasteiger partial charge on any atom is -0.366 e. The van der Waals surface area contributed by atoms with Crippen LogP contribution in [0.15, 0.2) is 48.7 Å². The molecule has 1 aromatic carbocycles. The average Bonchev–Trinajstić information content (AvgIpc) is 2.52. The van der Waals surface area contributed by atoms with Gasteiger partial charge in [0.25, 0.3) is 0 Å². The van der Waals surface area contributed by atoms with Gasteiger partial charge in [0.15, 0.2) is 0 Å². The zero-order valence-corrected chi connectivity index (χ0v) is 11.6. The van der Waals surface area contributed by atoms with Crippen molar-refractivity contribution in [3.05, 3.63) is 65.5 Å². The van der Waals surface area contributed by atoms with Gasteiger partial charge in [-0.3, -0.25) is 14.6 Å². The molecule has 0 atom stereocenters. The maximum atomic E-state index is 11.8. The molecule has 2 rings (SSSR count). The molecule has 0 bridgehead atoms. The number of hydrogen-bond donors (Lipinski definition) is 2. The Morgan fingerprint density at radius 1 is 1.10 bits per heavy atom. The van der Waals surface area contributed by atoms with Gasteiger partial charge >= 0.3 is 0 Å². The SMILES string of the molecule is NC(=O)c1ccccc1CCC(=O)NCc1ccccn1. The number of amides is 2. The number of hydrogen-bond acceptors (Lipinski definition) is 3. The van der Waals surface area contributed by atoms with Crippen LogP contribution in [0.4, 0.5) is 0 Å². The normalized spacial score (nSPS) is 10.1. The fourth-order valence-corrected chi connectivity index (χ4v) is 2.01. The predicted octanol–water partition coefficient (Wildman–Crippen LogP) is 1.43. The van der Waals surface area contributed by atoms with Gasteiger partial charge in [0.05, 0.1) is 12.2 Å². The number of aryl methyl sites for hydroxylation is 1. The summed E-state index contributed by atoms with van der Waals surface area (Å²) >= 11 is 0. The summed E-state index contributed by atoms with van der Waals surface area (Å²) in [6.45, 7) is 0.400. The lowest BCUT2D eigenvalue weighted by Gasteiger charge is -2.07. The molecule has 0 saturated heterocycles. The first-order valence-corrected chi connectivity index (χ1v) is 6.71. The first kappa shape index (κ1) is 14.7. The Balaban J connectivity index is 1.86. The van der Waals surface area contributed by atoms with E-state index in [1.807, 2.05) is 30.3 Å². The Hall–Kier alpha value is -2.69. The lowest BCUT2D eigenvalue weighted by Crippen LogP contribution is -2.24. The van der Waals surface area contributed by atoms with Crippen molar-refractivity contribution in [2.75, 3.05) is 0 Å². The molecule has 0 radical (unpaired) electrons. The van der Waals surface area contributed by atoms with E-state index < -0.39 is 5.91 Å². The van der Waals surface area contributed by atoms with Crippen LogP contribution in [0.2, 0.25) is 0 Å². The van der Waals surface area contributed by atoms with Crippen LogP contribution < -0.4 is 11.1 Å². The van der Waals surface area contributed by atoms with Crippen LogP contribution in [0.5, 0.6) is 0 Å². The number of carbonyl (C=O) groups excluding carboxylic acids is 2. The van der Waals surface area contributed by atoms with E-state index in [0.29, 0.717) is 24.9 Å². The second-order valence-corrected chi connectivity index (χ2v) is 4.62. The Kier molecular flexibility index (Phi) is 5.04. The summed E-state index contributed by atoms with van der Waals surface area (Å²) < 4.78 is 0. The van der Waals surface area contributed by atoms with Gasteiger partial charge in [0, 0.05) is 18.2 Å². The molecule has 0 aliphatic rings. The number of pyridine rings is 1. The van der Waals surface area contributed by atoms with Crippen molar-refractivity contribution in [1.82, 2.24) is 10.3 Å². The van der Waals surface area contributed by atoms with E-state index in [0.717, 1.165) is 11.3 Å². The average molecular weight is 283 g/mol. The third kappa shape index (κ3) is 4.42. The largest absolute Gasteiger partial charge is 0.366 e. The first-order chi connectivity index (χ1) is 10.2. The molecule has 0 aliphatic carbocycles. The van der Waals surface area contributed by atoms with Gasteiger partial charge in [-0.15, -0.1) is 0 Å². The van der Waals surface area contributed by atoms with Crippen molar-refractivity contribution in [2.24, 2.45) is 5.73 Å². The molecule has 2 aromatic rings. The van der Waals surface area contributed by atoms with Gasteiger partial charge in [0.2, 0.25) is 11.8 Å². The second-order valence-electron chi connectivity index (χ2n) is 4.62. The summed E-state index contributed by atoms with van der Waals surface area (Å²) in [6.07, 6.45) is 2.47. The number of nitrogens with two attached hydrogens (primary N) is 1. The molecule has 0 saturated carbocycles. The molecule has 0 fully saturated rings. The summed E-state index contributed by atoms with van der Waals surface area (Å²) in [6, 6.07) is 12.6. The Bertz CT molecular complexity index is 626. The summed E-state index contributed by atoms with van der Waals surface area (Å²) in [5.41, 5.74) is 7.37. The highest BCUT2D eigenvalue weighted by atomic mass is 16.1. The van der Waals surface area contributed by atoms with Gasteiger partial charge < -0.3 is 11.1 Å². The molecule has 3 N–H and O–H groups in total. The van der Waals surface area contributed by atoms with E-state index in [4.69, 9.17) is 5.73 Å². The monoisotopic (exact) mass is 283 g/mol. The summed E-state index contributed by atoms with van der Waals surface area (Å²) in [5.74, 6) is -0.556. The number of nitrogens with zero attached hydrogens (tertiary/aromatic N) is 1. The van der Waals surface area contributed by atoms with Crippen LogP contribution >= 0.6 is 0 Å². The summed E-state index contributed by atoms with van der Waals surface area (Å²) in [7, 11) is 0. The number of primary amides is 1. The number of nitrogens with one attached hydrogen (secondary N) is 1. The molecule has 0 aliphatic heterocycles. The number of benzene rings is 1. The lowest BCUT2D eigenvalue weighted by atomic mass is 10.0. The zero-order chi connectivity index (χ0) is 15.1. The number of aromatic nitrogens is 1. The fourth-order valence-electron chi connectivity index (χ4n) is 2.01. The molecule has 5 heteroatoms. The van der Waals surface area contributed by atoms with Crippen LogP contribution in [-0.4, -0.2) is 16.8 Å². The van der Waals surface area contributed by atoms with Crippen LogP contribution in [0, 0.1) is 0 Å². The summed E-state index contributed by atoms with van der Waals surface area (Å²) in [4.78, 5) is 27.2. The molecule has 0 unspecified atom stereocenters. The van der Waals surface area contributed by atoms with E-state index in [1.54, 1.807) is 18.3 Å². The van der Waals surface area contributed by atoms with E-state index in [2.05, 4.69) is 10.3 Å². The molecule has 1 heterocycles. The molecule has 5 nitrogen and oxygen atoms in total. The van der Waals surface area contributed by atoms with Gasteiger partial charge in [-0.1, -0.05) is 24.3 Å². The van der Waals surface area contributed by atoms with Crippen molar-refractivity contribution >= 4 is 11.8 Å². The molecule has 2 amide bonds. The Labute approximate surface area is 123 Å². The minimum atomic E-state index is -0.473. The van der Waals surface area contributed by atoms with Gasteiger partial charge in [-0.2, -0.15) is 0 Å². The zero-order valence-electron chi connectivity index (χ0n) is 11.6. The second kappa shape index (κ2) is 7.19. The highest BCUT2D eigenvalue weighted by molar-refractivity contribution is 5.94. The first-order valence-electron chi connectivity index (χ1n) is 6.71. The molecule has 21 heavy (non-hydrogen) atoms. The topological polar surface area (TPSA) is 85.1 Å². The smallest absolute Gasteiger partial charge is 0.248 e. The van der Waals surface area contributed by atoms with Crippen LogP contribution in [0.3, 0.4) is 0 Å². The lowest BCUT2D eigenvalue weighted by molar-refractivity contribution is -0.121. The quantitative estimate of drug-likeness (QED) is 0.841. The standard InChI is InChI=1S/C16H17N3O2/c17-16(21)14-7-2-1-5-12(14)8-9-15(20)19-11-13-6-3-4-10-18-13/h1-7,10H,8-9,11H2,(H2,17,21)(H,19,20). The molecule has 0 spiro atoms. The maximum Gasteiger partial charge on any atom is 0.248 e. The molecule has 108 valence electrons. The Morgan fingerprint density at radius 3 is 2.57 bits per heavy atom. The van der Waals surface area contributed by atoms with Crippen molar-refractivity contribution < 1.29 is 9.59 Å². The van der Waals surface area contributed by atoms with Crippen molar-refractivity contribution in [3.8, 4) is 0 Å². The minimum absolute atomic E-state index is 0.0834. The van der Waals surface area contributed by atoms with Crippen molar-refractivity contribution in [2.45, 2.75) is 19.4 Å². The Morgan fingerprint density at radius 2 is 1.86 bits per heavy atom. The molecular weight excluding hydrogens is 266 g/mol. The number of carbonyl (C=O) groups is 2. The van der Waals surface area contributed by atoms with Gasteiger partial charge in [0.1, 0.15) is 0 Å². The highest BCUT2D eigenvalue weighted by Gasteiger charge is 2.09. The molecule has 1 aromatic heterocycles. The molecular formula is C16H17N3O2. The fraction of sp³-hybridized carbons (Fsp3) is 0.188. The van der Waals surface area contributed by atoms with Gasteiger partial charge in [-0.25, -0.2) is 0 Å². The van der Waals surface area contributed by atoms with Gasteiger partial charge in [-0.05, 0) is 30.2 Å². The van der Waals surface area contributed by atoms with E-state index in [-0.39, 0.29) is 5.91 Å². The third-order valence-electron chi connectivity index (χ3n) is 3.10. The van der Waals surface area contributed by atoms with Crippen molar-refractivity contribution in [1.29, 1.82) is 0 Å². The van der Waals surface area contributed by atoms with E-state index in [1.165, 1.54) is 0 Å².